The molecule has 0 aromatic carbocycles. The smallest absolute Gasteiger partial charge is 0.325 e. The summed E-state index contributed by atoms with van der Waals surface area (Å²) >= 11 is 0. The van der Waals surface area contributed by atoms with Gasteiger partial charge in [-0.05, 0) is 20.8 Å². The van der Waals surface area contributed by atoms with E-state index in [9.17, 15) is 9.59 Å². The molecule has 2 aromatic heterocycles. The topological polar surface area (TPSA) is 153 Å². The van der Waals surface area contributed by atoms with Gasteiger partial charge in [0.2, 0.25) is 0 Å². The maximum Gasteiger partial charge on any atom is 0.325 e. The van der Waals surface area contributed by atoms with Gasteiger partial charge in [-0.2, -0.15) is 0 Å². The van der Waals surface area contributed by atoms with Crippen molar-refractivity contribution in [3.8, 4) is 0 Å². The summed E-state index contributed by atoms with van der Waals surface area (Å²) in [7, 11) is 0. The van der Waals surface area contributed by atoms with Crippen molar-refractivity contribution in [2.45, 2.75) is 51.1 Å². The van der Waals surface area contributed by atoms with E-state index in [1.165, 1.54) is 12.7 Å². The molecular formula is C17H22N6O6. The molecule has 2 saturated heterocycles. The SMILES string of the molecule is CCOC(=O)CNC(=O)[C@@H]1O[C@@H](n2cnc3c(N)ncnc32)[C@H]2OC(C)(C)O[C@@H]21. The number of esters is 1. The zero-order valence-electron chi connectivity index (χ0n) is 16.2. The number of imidazole rings is 1. The number of rotatable bonds is 5. The predicted octanol–water partition coefficient (Wildman–Crippen LogP) is -0.495. The minimum Gasteiger partial charge on any atom is -0.465 e. The molecule has 12 nitrogen and oxygen atoms in total. The summed E-state index contributed by atoms with van der Waals surface area (Å²) in [5, 5.41) is 2.52. The summed E-state index contributed by atoms with van der Waals surface area (Å²) in [4.78, 5) is 36.6. The predicted molar refractivity (Wildman–Crippen MR) is 97.1 cm³/mol. The molecule has 156 valence electrons. The van der Waals surface area contributed by atoms with Crippen LogP contribution in [0.3, 0.4) is 0 Å². The van der Waals surface area contributed by atoms with Crippen LogP contribution in [0.2, 0.25) is 0 Å². The maximum atomic E-state index is 12.7. The van der Waals surface area contributed by atoms with Gasteiger partial charge in [0.15, 0.2) is 29.6 Å². The van der Waals surface area contributed by atoms with Gasteiger partial charge in [-0.15, -0.1) is 0 Å². The second kappa shape index (κ2) is 7.21. The summed E-state index contributed by atoms with van der Waals surface area (Å²) in [6.07, 6.45) is -0.199. The number of fused-ring (bicyclic) bond motifs is 2. The average Bonchev–Trinajstić information content (AvgIpc) is 3.31. The molecule has 4 atom stereocenters. The average molecular weight is 406 g/mol. The highest BCUT2D eigenvalue weighted by molar-refractivity contribution is 5.86. The third kappa shape index (κ3) is 3.50. The summed E-state index contributed by atoms with van der Waals surface area (Å²) in [6, 6.07) is 0. The number of nitrogens with two attached hydrogens (primary N) is 1. The quantitative estimate of drug-likeness (QED) is 0.622. The van der Waals surface area contributed by atoms with Gasteiger partial charge in [0, 0.05) is 0 Å². The van der Waals surface area contributed by atoms with Crippen molar-refractivity contribution in [1.82, 2.24) is 24.8 Å². The molecule has 2 aliphatic rings. The molecule has 0 aliphatic carbocycles. The summed E-state index contributed by atoms with van der Waals surface area (Å²) in [5.41, 5.74) is 6.72. The molecular weight excluding hydrogens is 384 g/mol. The third-order valence-electron chi connectivity index (χ3n) is 4.66. The van der Waals surface area contributed by atoms with Crippen LogP contribution in [0.1, 0.15) is 27.0 Å². The van der Waals surface area contributed by atoms with E-state index < -0.39 is 42.2 Å². The first-order chi connectivity index (χ1) is 13.8. The molecule has 0 spiro atoms. The van der Waals surface area contributed by atoms with E-state index in [1.54, 1.807) is 25.3 Å². The first-order valence-electron chi connectivity index (χ1n) is 9.18. The van der Waals surface area contributed by atoms with Gasteiger partial charge >= 0.3 is 5.97 Å². The molecule has 1 amide bonds. The molecule has 4 heterocycles. The minimum absolute atomic E-state index is 0.227. The number of ether oxygens (including phenoxy) is 4. The van der Waals surface area contributed by atoms with Gasteiger partial charge in [-0.1, -0.05) is 0 Å². The molecule has 0 unspecified atom stereocenters. The van der Waals surface area contributed by atoms with E-state index in [1.807, 2.05) is 0 Å². The monoisotopic (exact) mass is 406 g/mol. The van der Waals surface area contributed by atoms with Crippen LogP contribution in [-0.2, 0) is 28.5 Å². The molecule has 3 N–H and O–H groups in total. The van der Waals surface area contributed by atoms with Crippen LogP contribution in [0.4, 0.5) is 5.82 Å². The Labute approximate surface area is 165 Å². The van der Waals surface area contributed by atoms with Crippen molar-refractivity contribution in [1.29, 1.82) is 0 Å². The van der Waals surface area contributed by atoms with Gasteiger partial charge in [0.1, 0.15) is 30.6 Å². The van der Waals surface area contributed by atoms with Crippen LogP contribution in [0.25, 0.3) is 11.2 Å². The Hall–Kier alpha value is -2.83. The van der Waals surface area contributed by atoms with Crippen LogP contribution in [-0.4, -0.2) is 68.6 Å². The van der Waals surface area contributed by atoms with Crippen molar-refractivity contribution in [3.05, 3.63) is 12.7 Å². The Balaban J connectivity index is 1.60. The lowest BCUT2D eigenvalue weighted by atomic mass is 10.1. The van der Waals surface area contributed by atoms with E-state index in [0.717, 1.165) is 0 Å². The number of aromatic nitrogens is 4. The second-order valence-corrected chi connectivity index (χ2v) is 7.12. The van der Waals surface area contributed by atoms with E-state index >= 15 is 0 Å². The van der Waals surface area contributed by atoms with Crippen molar-refractivity contribution in [2.75, 3.05) is 18.9 Å². The number of carbonyl (C=O) groups excluding carboxylic acids is 2. The highest BCUT2D eigenvalue weighted by Gasteiger charge is 2.58. The molecule has 0 saturated carbocycles. The minimum atomic E-state index is -1.00. The maximum absolute atomic E-state index is 12.7. The number of anilines is 1. The van der Waals surface area contributed by atoms with Crippen LogP contribution in [0, 0.1) is 0 Å². The zero-order valence-corrected chi connectivity index (χ0v) is 16.2. The van der Waals surface area contributed by atoms with Crippen molar-refractivity contribution < 1.29 is 28.5 Å². The number of amides is 1. The Morgan fingerprint density at radius 2 is 2.03 bits per heavy atom. The van der Waals surface area contributed by atoms with E-state index in [4.69, 9.17) is 24.7 Å². The Morgan fingerprint density at radius 1 is 1.28 bits per heavy atom. The van der Waals surface area contributed by atoms with Crippen molar-refractivity contribution in [2.24, 2.45) is 0 Å². The van der Waals surface area contributed by atoms with E-state index in [-0.39, 0.29) is 19.0 Å². The zero-order chi connectivity index (χ0) is 20.8. The summed E-state index contributed by atoms with van der Waals surface area (Å²) < 4.78 is 24.3. The number of carbonyl (C=O) groups is 2. The van der Waals surface area contributed by atoms with Crippen molar-refractivity contribution in [3.63, 3.8) is 0 Å². The number of nitrogens with zero attached hydrogens (tertiary/aromatic N) is 4. The van der Waals surface area contributed by atoms with Gasteiger partial charge in [-0.25, -0.2) is 15.0 Å². The molecule has 0 bridgehead atoms. The summed E-state index contributed by atoms with van der Waals surface area (Å²) in [5.74, 6) is -1.73. The lowest BCUT2D eigenvalue weighted by Crippen LogP contribution is -2.44. The molecule has 29 heavy (non-hydrogen) atoms. The van der Waals surface area contributed by atoms with E-state index in [0.29, 0.717) is 11.2 Å². The van der Waals surface area contributed by atoms with Gasteiger partial charge in [-0.3, -0.25) is 14.2 Å². The van der Waals surface area contributed by atoms with Gasteiger partial charge in [0.25, 0.3) is 5.91 Å². The van der Waals surface area contributed by atoms with Crippen LogP contribution in [0.5, 0.6) is 0 Å². The lowest BCUT2D eigenvalue weighted by Gasteiger charge is -2.24. The van der Waals surface area contributed by atoms with Crippen LogP contribution in [0.15, 0.2) is 12.7 Å². The Morgan fingerprint density at radius 3 is 2.79 bits per heavy atom. The molecule has 0 radical (unpaired) electrons. The molecule has 12 heteroatoms. The largest absolute Gasteiger partial charge is 0.465 e. The number of nitrogen functional groups attached to an aromatic ring is 1. The molecule has 4 rings (SSSR count). The normalized spacial score (nSPS) is 27.7. The second-order valence-electron chi connectivity index (χ2n) is 7.12. The number of hydrogen-bond acceptors (Lipinski definition) is 10. The van der Waals surface area contributed by atoms with Gasteiger partial charge < -0.3 is 30.0 Å². The lowest BCUT2D eigenvalue weighted by molar-refractivity contribution is -0.197. The highest BCUT2D eigenvalue weighted by Crippen LogP contribution is 2.43. The Kier molecular flexibility index (Phi) is 4.84. The molecule has 2 aromatic rings. The fourth-order valence-corrected chi connectivity index (χ4v) is 3.54. The fraction of sp³-hybridized carbons (Fsp3) is 0.588. The van der Waals surface area contributed by atoms with Crippen molar-refractivity contribution >= 4 is 28.9 Å². The first kappa shape index (κ1) is 19.5. The number of hydrogen-bond donors (Lipinski definition) is 2. The Bertz CT molecular complexity index is 946. The highest BCUT2D eigenvalue weighted by atomic mass is 16.8. The molecule has 2 aliphatic heterocycles. The van der Waals surface area contributed by atoms with Crippen LogP contribution < -0.4 is 11.1 Å². The van der Waals surface area contributed by atoms with Crippen LogP contribution >= 0.6 is 0 Å². The first-order valence-corrected chi connectivity index (χ1v) is 9.18. The third-order valence-corrected chi connectivity index (χ3v) is 4.66. The van der Waals surface area contributed by atoms with E-state index in [2.05, 4.69) is 20.3 Å². The standard InChI is InChI=1S/C17H22N6O6/c1-4-26-8(24)5-19-15(25)11-10-12(29-17(2,3)28-10)16(27-11)23-7-22-9-13(18)20-6-21-14(9)23/h6-7,10-12,16H,4-5H2,1-3H3,(H,19,25)(H2,18,20,21)/t10-,11-,12+,16-/m1/s1. The number of nitrogens with one attached hydrogen (secondary N) is 1. The van der Waals surface area contributed by atoms with Gasteiger partial charge in [0.05, 0.1) is 12.9 Å². The molecule has 2 fully saturated rings. The summed E-state index contributed by atoms with van der Waals surface area (Å²) in [6.45, 7) is 5.15. The fourth-order valence-electron chi connectivity index (χ4n) is 3.54.